The van der Waals surface area contributed by atoms with Crippen molar-refractivity contribution < 1.29 is 12.8 Å². The molecule has 0 fully saturated rings. The first-order chi connectivity index (χ1) is 11.2. The van der Waals surface area contributed by atoms with E-state index in [0.717, 1.165) is 0 Å². The van der Waals surface area contributed by atoms with Crippen molar-refractivity contribution in [3.05, 3.63) is 35.1 Å². The van der Waals surface area contributed by atoms with Crippen molar-refractivity contribution in [1.82, 2.24) is 10.6 Å². The Bertz CT molecular complexity index is 732. The average Bonchev–Trinajstić information content (AvgIpc) is 2.51. The molecule has 2 N–H and O–H groups in total. The highest BCUT2D eigenvalue weighted by molar-refractivity contribution is 14.0. The Morgan fingerprint density at radius 3 is 2.64 bits per heavy atom. The predicted octanol–water partition coefficient (Wildman–Crippen LogP) is 2.19. The molecule has 0 aliphatic rings. The Balaban J connectivity index is 0.00000576. The molecule has 0 aromatic heterocycles. The summed E-state index contributed by atoms with van der Waals surface area (Å²) in [5.41, 5.74) is 0.648. The third-order valence-electron chi connectivity index (χ3n) is 3.24. The largest absolute Gasteiger partial charge is 0.357 e. The van der Waals surface area contributed by atoms with Crippen LogP contribution in [0.5, 0.6) is 0 Å². The number of hydrogen-bond acceptors (Lipinski definition) is 4. The number of aliphatic imine (C=N–C) groups is 1. The van der Waals surface area contributed by atoms with E-state index in [1.807, 2.05) is 19.9 Å². The topological polar surface area (TPSA) is 94.3 Å². The van der Waals surface area contributed by atoms with Gasteiger partial charge in [0.2, 0.25) is 0 Å². The highest BCUT2D eigenvalue weighted by Gasteiger charge is 2.10. The molecule has 6 nitrogen and oxygen atoms in total. The van der Waals surface area contributed by atoms with Crippen molar-refractivity contribution in [2.45, 2.75) is 32.9 Å². The fourth-order valence-corrected chi connectivity index (χ4v) is 2.71. The third kappa shape index (κ3) is 9.60. The molecule has 0 saturated heterocycles. The van der Waals surface area contributed by atoms with E-state index >= 15 is 0 Å². The molecule has 25 heavy (non-hydrogen) atoms. The molecule has 1 rings (SSSR count). The number of sulfone groups is 1. The van der Waals surface area contributed by atoms with Gasteiger partial charge in [-0.25, -0.2) is 17.8 Å². The van der Waals surface area contributed by atoms with Crippen LogP contribution in [0.2, 0.25) is 0 Å². The van der Waals surface area contributed by atoms with Crippen LogP contribution in [0.3, 0.4) is 0 Å². The van der Waals surface area contributed by atoms with Crippen LogP contribution >= 0.6 is 24.0 Å². The van der Waals surface area contributed by atoms with E-state index in [4.69, 9.17) is 5.26 Å². The summed E-state index contributed by atoms with van der Waals surface area (Å²) in [6.07, 6.45) is 1.65. The first kappa shape index (κ1) is 23.6. The molecular weight excluding hydrogens is 458 g/mol. The molecule has 1 aromatic rings. The van der Waals surface area contributed by atoms with Gasteiger partial charge in [0.1, 0.15) is 15.7 Å². The van der Waals surface area contributed by atoms with Crippen molar-refractivity contribution in [2.75, 3.05) is 18.6 Å². The number of nitrogens with one attached hydrogen (secondary N) is 2. The van der Waals surface area contributed by atoms with Gasteiger partial charge in [0.25, 0.3) is 0 Å². The number of nitrogens with zero attached hydrogens (tertiary/aromatic N) is 2. The molecule has 1 aromatic carbocycles. The van der Waals surface area contributed by atoms with Gasteiger partial charge in [-0.3, -0.25) is 0 Å². The quantitative estimate of drug-likeness (QED) is 0.353. The summed E-state index contributed by atoms with van der Waals surface area (Å²) in [5, 5.41) is 14.9. The minimum absolute atomic E-state index is 0. The SMILES string of the molecule is CCNC(=NCc1ccc(C#N)cc1F)NC(C)CCS(C)(=O)=O.I. The molecule has 0 heterocycles. The zero-order chi connectivity index (χ0) is 18.2. The molecule has 1 atom stereocenters. The Hall–Kier alpha value is -1.41. The van der Waals surface area contributed by atoms with Gasteiger partial charge in [-0.1, -0.05) is 6.07 Å². The lowest BCUT2D eigenvalue weighted by Gasteiger charge is -2.17. The zero-order valence-corrected chi connectivity index (χ0v) is 17.7. The Labute approximate surface area is 165 Å². The fraction of sp³-hybridized carbons (Fsp3) is 0.500. The van der Waals surface area contributed by atoms with E-state index in [1.54, 1.807) is 6.07 Å². The first-order valence-corrected chi connectivity index (χ1v) is 9.72. The molecular formula is C16H24FIN4O2S. The van der Waals surface area contributed by atoms with E-state index in [9.17, 15) is 12.8 Å². The van der Waals surface area contributed by atoms with Gasteiger partial charge in [-0.05, 0) is 32.4 Å². The number of hydrogen-bond donors (Lipinski definition) is 2. The smallest absolute Gasteiger partial charge is 0.191 e. The lowest BCUT2D eigenvalue weighted by atomic mass is 10.1. The van der Waals surface area contributed by atoms with Crippen LogP contribution in [-0.2, 0) is 16.4 Å². The molecule has 9 heteroatoms. The van der Waals surface area contributed by atoms with Crippen LogP contribution in [0, 0.1) is 17.1 Å². The standard InChI is InChI=1S/C16H23FN4O2S.HI/c1-4-19-16(21-12(2)7-8-24(3,22)23)20-11-14-6-5-13(10-18)9-15(14)17;/h5-6,9,12H,4,7-8,11H2,1-3H3,(H2,19,20,21);1H. The summed E-state index contributed by atoms with van der Waals surface area (Å²) in [6, 6.07) is 6.05. The van der Waals surface area contributed by atoms with Gasteiger partial charge in [0.05, 0.1) is 23.9 Å². The number of halogens is 2. The molecule has 1 unspecified atom stereocenters. The van der Waals surface area contributed by atoms with Crippen molar-refractivity contribution in [3.63, 3.8) is 0 Å². The Morgan fingerprint density at radius 2 is 2.12 bits per heavy atom. The van der Waals surface area contributed by atoms with Crippen molar-refractivity contribution in [3.8, 4) is 6.07 Å². The third-order valence-corrected chi connectivity index (χ3v) is 4.22. The second-order valence-corrected chi connectivity index (χ2v) is 7.84. The monoisotopic (exact) mass is 482 g/mol. The highest BCUT2D eigenvalue weighted by Crippen LogP contribution is 2.11. The van der Waals surface area contributed by atoms with Crippen LogP contribution in [0.4, 0.5) is 4.39 Å². The number of nitriles is 1. The van der Waals surface area contributed by atoms with E-state index in [2.05, 4.69) is 15.6 Å². The fourth-order valence-electron chi connectivity index (χ4n) is 1.93. The normalized spacial score (nSPS) is 12.7. The zero-order valence-electron chi connectivity index (χ0n) is 14.5. The summed E-state index contributed by atoms with van der Waals surface area (Å²) in [6.45, 7) is 4.51. The minimum atomic E-state index is -3.01. The average molecular weight is 482 g/mol. The van der Waals surface area contributed by atoms with E-state index in [0.29, 0.717) is 24.5 Å². The first-order valence-electron chi connectivity index (χ1n) is 7.66. The van der Waals surface area contributed by atoms with Crippen LogP contribution in [-0.4, -0.2) is 39.0 Å². The molecule has 140 valence electrons. The van der Waals surface area contributed by atoms with Crippen LogP contribution in [0.15, 0.2) is 23.2 Å². The second kappa shape index (κ2) is 11.3. The molecule has 0 aliphatic heterocycles. The van der Waals surface area contributed by atoms with Gasteiger partial charge >= 0.3 is 0 Å². The number of guanidine groups is 1. The maximum absolute atomic E-state index is 13.9. The van der Waals surface area contributed by atoms with Crippen LogP contribution in [0.1, 0.15) is 31.4 Å². The Kier molecular flexibility index (Phi) is 10.6. The summed E-state index contributed by atoms with van der Waals surface area (Å²) in [4.78, 5) is 4.31. The van der Waals surface area contributed by atoms with Gasteiger partial charge in [-0.2, -0.15) is 5.26 Å². The van der Waals surface area contributed by atoms with Gasteiger partial charge in [-0.15, -0.1) is 24.0 Å². The molecule has 0 bridgehead atoms. The summed E-state index contributed by atoms with van der Waals surface area (Å²) in [7, 11) is -3.01. The Morgan fingerprint density at radius 1 is 1.44 bits per heavy atom. The molecule has 0 spiro atoms. The molecule has 0 radical (unpaired) electrons. The molecule has 0 saturated carbocycles. The van der Waals surface area contributed by atoms with E-state index in [1.165, 1.54) is 18.4 Å². The van der Waals surface area contributed by atoms with Crippen molar-refractivity contribution in [1.29, 1.82) is 5.26 Å². The maximum atomic E-state index is 13.9. The molecule has 0 amide bonds. The lowest BCUT2D eigenvalue weighted by Crippen LogP contribution is -2.42. The maximum Gasteiger partial charge on any atom is 0.191 e. The summed E-state index contributed by atoms with van der Waals surface area (Å²) < 4.78 is 36.3. The lowest BCUT2D eigenvalue weighted by molar-refractivity contribution is 0.580. The van der Waals surface area contributed by atoms with Crippen LogP contribution < -0.4 is 10.6 Å². The second-order valence-electron chi connectivity index (χ2n) is 5.58. The number of rotatable bonds is 7. The van der Waals surface area contributed by atoms with Crippen molar-refractivity contribution >= 4 is 39.8 Å². The molecule has 0 aliphatic carbocycles. The predicted molar refractivity (Wildman–Crippen MR) is 108 cm³/mol. The summed E-state index contributed by atoms with van der Waals surface area (Å²) in [5.74, 6) is 0.103. The summed E-state index contributed by atoms with van der Waals surface area (Å²) >= 11 is 0. The van der Waals surface area contributed by atoms with Crippen molar-refractivity contribution in [2.24, 2.45) is 4.99 Å². The van der Waals surface area contributed by atoms with E-state index in [-0.39, 0.29) is 47.9 Å². The highest BCUT2D eigenvalue weighted by atomic mass is 127. The van der Waals surface area contributed by atoms with Gasteiger partial charge in [0, 0.05) is 24.4 Å². The van der Waals surface area contributed by atoms with Crippen LogP contribution in [0.25, 0.3) is 0 Å². The van der Waals surface area contributed by atoms with Gasteiger partial charge < -0.3 is 10.6 Å². The van der Waals surface area contributed by atoms with Gasteiger partial charge in [0.15, 0.2) is 5.96 Å². The minimum Gasteiger partial charge on any atom is -0.357 e. The van der Waals surface area contributed by atoms with E-state index < -0.39 is 15.7 Å². The number of benzene rings is 1.